The lowest BCUT2D eigenvalue weighted by atomic mass is 9.94. The minimum absolute atomic E-state index is 0.0136. The third-order valence-corrected chi connectivity index (χ3v) is 7.94. The Morgan fingerprint density at radius 3 is 2.38 bits per heavy atom. The summed E-state index contributed by atoms with van der Waals surface area (Å²) in [7, 11) is -4.03. The van der Waals surface area contributed by atoms with Crippen molar-refractivity contribution >= 4 is 21.7 Å². The zero-order valence-electron chi connectivity index (χ0n) is 21.7. The van der Waals surface area contributed by atoms with Crippen LogP contribution in [0.3, 0.4) is 0 Å². The zero-order chi connectivity index (χ0) is 28.2. The second-order valence-electron chi connectivity index (χ2n) is 9.71. The van der Waals surface area contributed by atoms with Crippen LogP contribution in [0.15, 0.2) is 65.6 Å². The molecule has 0 atom stereocenters. The number of alkyl halides is 3. The molecule has 1 saturated carbocycles. The molecule has 0 aliphatic heterocycles. The largest absolute Gasteiger partial charge is 0.416 e. The summed E-state index contributed by atoms with van der Waals surface area (Å²) in [5.74, 6) is 0.256. The number of aryl methyl sites for hydroxylation is 1. The summed E-state index contributed by atoms with van der Waals surface area (Å²) in [5.41, 5.74) is 2.06. The molecule has 1 aliphatic rings. The predicted octanol–water partition coefficient (Wildman–Crippen LogP) is 7.46. The number of carbonyl (C=O) groups is 1. The number of carbonyl (C=O) groups excluding carboxylic acids is 1. The van der Waals surface area contributed by atoms with Crippen molar-refractivity contribution < 1.29 is 36.2 Å². The highest BCUT2D eigenvalue weighted by molar-refractivity contribution is 7.92. The Labute approximate surface area is 226 Å². The smallest absolute Gasteiger partial charge is 0.287 e. The van der Waals surface area contributed by atoms with Gasteiger partial charge < -0.3 is 0 Å². The lowest BCUT2D eigenvalue weighted by Crippen LogP contribution is -2.15. The molecule has 0 radical (unpaired) electrons. The Hall–Kier alpha value is -3.53. The van der Waals surface area contributed by atoms with Gasteiger partial charge in [0.1, 0.15) is 0 Å². The van der Waals surface area contributed by atoms with Gasteiger partial charge in [0.25, 0.3) is 10.0 Å². The number of hydrogen-bond donors (Lipinski definition) is 1. The fourth-order valence-electron chi connectivity index (χ4n) is 4.24. The van der Waals surface area contributed by atoms with Crippen LogP contribution in [0.4, 0.5) is 18.9 Å². The van der Waals surface area contributed by atoms with E-state index in [1.165, 1.54) is 30.3 Å². The normalized spacial score (nSPS) is 13.7. The summed E-state index contributed by atoms with van der Waals surface area (Å²) < 4.78 is 68.6. The van der Waals surface area contributed by atoms with E-state index in [2.05, 4.69) is 4.72 Å². The van der Waals surface area contributed by atoms with Gasteiger partial charge in [0, 0.05) is 6.42 Å². The van der Waals surface area contributed by atoms with Gasteiger partial charge in [0.2, 0.25) is 0 Å². The second-order valence-corrected chi connectivity index (χ2v) is 11.4. The lowest BCUT2D eigenvalue weighted by molar-refractivity contribution is -0.214. The molecule has 3 aromatic carbocycles. The first-order valence-corrected chi connectivity index (χ1v) is 14.3. The van der Waals surface area contributed by atoms with E-state index in [1.54, 1.807) is 25.1 Å². The molecular formula is C29H30F3NO5S. The molecule has 208 valence electrons. The molecule has 3 aromatic rings. The molecule has 0 spiro atoms. The SMILES string of the molecule is CCCC(=O)OOc1ccc(S(=O)(=O)Nc2cccc(-c3ccc(C(F)(F)F)cc3)c2CCC2CC2)cc1C. The van der Waals surface area contributed by atoms with E-state index in [0.29, 0.717) is 41.1 Å². The van der Waals surface area contributed by atoms with Gasteiger partial charge in [-0.1, -0.05) is 44.0 Å². The van der Waals surface area contributed by atoms with E-state index < -0.39 is 27.7 Å². The Kier molecular flexibility index (Phi) is 8.54. The van der Waals surface area contributed by atoms with Crippen LogP contribution in [0.2, 0.25) is 0 Å². The minimum Gasteiger partial charge on any atom is -0.287 e. The monoisotopic (exact) mass is 561 g/mol. The first-order valence-electron chi connectivity index (χ1n) is 12.8. The summed E-state index contributed by atoms with van der Waals surface area (Å²) >= 11 is 0. The molecule has 0 saturated heterocycles. The third kappa shape index (κ3) is 7.32. The number of hydrogen-bond acceptors (Lipinski definition) is 5. The molecule has 39 heavy (non-hydrogen) atoms. The number of halogens is 3. The van der Waals surface area contributed by atoms with Crippen LogP contribution in [0, 0.1) is 12.8 Å². The average molecular weight is 562 g/mol. The van der Waals surface area contributed by atoms with Crippen molar-refractivity contribution in [2.75, 3.05) is 4.72 Å². The van der Waals surface area contributed by atoms with Gasteiger partial charge in [-0.3, -0.25) is 14.5 Å². The molecule has 1 N–H and O–H groups in total. The zero-order valence-corrected chi connectivity index (χ0v) is 22.5. The molecule has 1 aliphatic carbocycles. The maximum Gasteiger partial charge on any atom is 0.416 e. The topological polar surface area (TPSA) is 81.7 Å². The van der Waals surface area contributed by atoms with Gasteiger partial charge in [-0.05, 0) is 90.8 Å². The van der Waals surface area contributed by atoms with Crippen molar-refractivity contribution in [2.24, 2.45) is 5.92 Å². The van der Waals surface area contributed by atoms with Gasteiger partial charge in [-0.25, -0.2) is 13.2 Å². The Bertz CT molecular complexity index is 1430. The second kappa shape index (κ2) is 11.7. The van der Waals surface area contributed by atoms with E-state index >= 15 is 0 Å². The Morgan fingerprint density at radius 1 is 1.05 bits per heavy atom. The third-order valence-electron chi connectivity index (χ3n) is 6.58. The maximum atomic E-state index is 13.4. The Morgan fingerprint density at radius 2 is 1.77 bits per heavy atom. The highest BCUT2D eigenvalue weighted by atomic mass is 32.2. The molecular weight excluding hydrogens is 531 g/mol. The molecule has 6 nitrogen and oxygen atoms in total. The Balaban J connectivity index is 1.61. The summed E-state index contributed by atoms with van der Waals surface area (Å²) in [6, 6.07) is 14.2. The average Bonchev–Trinajstić information content (AvgIpc) is 3.71. The highest BCUT2D eigenvalue weighted by Crippen LogP contribution is 2.39. The first-order chi connectivity index (χ1) is 18.5. The number of sulfonamides is 1. The van der Waals surface area contributed by atoms with Gasteiger partial charge >= 0.3 is 12.1 Å². The van der Waals surface area contributed by atoms with E-state index in [0.717, 1.165) is 37.0 Å². The van der Waals surface area contributed by atoms with Crippen LogP contribution >= 0.6 is 0 Å². The van der Waals surface area contributed by atoms with E-state index in [-0.39, 0.29) is 17.1 Å². The molecule has 0 aromatic heterocycles. The maximum absolute atomic E-state index is 13.4. The summed E-state index contributed by atoms with van der Waals surface area (Å²) in [6.07, 6.45) is 0.0241. The molecule has 1 fully saturated rings. The van der Waals surface area contributed by atoms with Crippen molar-refractivity contribution in [3.63, 3.8) is 0 Å². The summed E-state index contributed by atoms with van der Waals surface area (Å²) in [5, 5.41) is 0. The van der Waals surface area contributed by atoms with Crippen LogP contribution in [0.5, 0.6) is 5.75 Å². The van der Waals surface area contributed by atoms with E-state index in [9.17, 15) is 26.4 Å². The van der Waals surface area contributed by atoms with Crippen molar-refractivity contribution in [1.82, 2.24) is 0 Å². The van der Waals surface area contributed by atoms with Crippen molar-refractivity contribution in [3.05, 3.63) is 77.4 Å². The van der Waals surface area contributed by atoms with Crippen LogP contribution in [0.25, 0.3) is 11.1 Å². The lowest BCUT2D eigenvalue weighted by Gasteiger charge is -2.18. The van der Waals surface area contributed by atoms with Gasteiger partial charge in [0.15, 0.2) is 5.75 Å². The number of anilines is 1. The molecule has 0 bridgehead atoms. The minimum atomic E-state index is -4.44. The van der Waals surface area contributed by atoms with Crippen LogP contribution in [0.1, 0.15) is 55.7 Å². The van der Waals surface area contributed by atoms with Gasteiger partial charge in [-0.15, -0.1) is 0 Å². The molecule has 4 rings (SSSR count). The number of nitrogens with one attached hydrogen (secondary N) is 1. The fourth-order valence-corrected chi connectivity index (χ4v) is 5.42. The quantitative estimate of drug-likeness (QED) is 0.194. The van der Waals surface area contributed by atoms with Crippen molar-refractivity contribution in [3.8, 4) is 16.9 Å². The van der Waals surface area contributed by atoms with Crippen molar-refractivity contribution in [2.45, 2.75) is 63.4 Å². The highest BCUT2D eigenvalue weighted by Gasteiger charge is 2.30. The first kappa shape index (κ1) is 28.5. The fraction of sp³-hybridized carbons (Fsp3) is 0.345. The predicted molar refractivity (Wildman–Crippen MR) is 142 cm³/mol. The van der Waals surface area contributed by atoms with E-state index in [4.69, 9.17) is 9.78 Å². The van der Waals surface area contributed by atoms with E-state index in [1.807, 2.05) is 6.92 Å². The standard InChI is InChI=1S/C29H30F3NO5S/c1-3-5-28(34)38-37-27-17-15-23(18-19(27)2)39(35,36)33-26-7-4-6-24(25(26)16-10-20-8-9-20)21-11-13-22(14-12-21)29(30,31)32/h4,6-7,11-15,17-18,20,33H,3,5,8-10,16H2,1-2H3. The molecule has 10 heteroatoms. The number of benzene rings is 3. The molecule has 0 heterocycles. The van der Waals surface area contributed by atoms with Crippen LogP contribution in [-0.4, -0.2) is 14.4 Å². The number of rotatable bonds is 11. The molecule has 0 unspecified atom stereocenters. The summed E-state index contributed by atoms with van der Waals surface area (Å²) in [6.45, 7) is 3.46. The van der Waals surface area contributed by atoms with Crippen LogP contribution in [-0.2, 0) is 32.3 Å². The van der Waals surface area contributed by atoms with Crippen molar-refractivity contribution in [1.29, 1.82) is 0 Å². The van der Waals surface area contributed by atoms with Crippen LogP contribution < -0.4 is 9.61 Å². The van der Waals surface area contributed by atoms with Gasteiger partial charge in [-0.2, -0.15) is 13.2 Å². The molecule has 0 amide bonds. The van der Waals surface area contributed by atoms with Gasteiger partial charge in [0.05, 0.1) is 16.1 Å². The summed E-state index contributed by atoms with van der Waals surface area (Å²) in [4.78, 5) is 21.4.